The van der Waals surface area contributed by atoms with Gasteiger partial charge in [-0.2, -0.15) is 5.10 Å². The molecule has 1 N–H and O–H groups in total. The summed E-state index contributed by atoms with van der Waals surface area (Å²) >= 11 is 0. The van der Waals surface area contributed by atoms with Gasteiger partial charge in [0.2, 0.25) is 0 Å². The zero-order chi connectivity index (χ0) is 18.2. The fourth-order valence-electron chi connectivity index (χ4n) is 2.49. The minimum Gasteiger partial charge on any atom is -0.494 e. The molecule has 0 aliphatic carbocycles. The molecule has 3 aromatic carbocycles. The highest BCUT2D eigenvalue weighted by Crippen LogP contribution is 2.24. The molecule has 0 unspecified atom stereocenters. The van der Waals surface area contributed by atoms with Gasteiger partial charge in [-0.3, -0.25) is 4.79 Å². The van der Waals surface area contributed by atoms with E-state index in [0.29, 0.717) is 12.4 Å². The third kappa shape index (κ3) is 4.60. The van der Waals surface area contributed by atoms with Crippen LogP contribution < -0.4 is 14.9 Å². The number of benzene rings is 3. The van der Waals surface area contributed by atoms with E-state index in [-0.39, 0.29) is 12.5 Å². The number of hydrogen-bond acceptors (Lipinski definition) is 4. The molecular formula is C21H20N2O3. The highest BCUT2D eigenvalue weighted by Gasteiger charge is 2.04. The van der Waals surface area contributed by atoms with Crippen molar-refractivity contribution in [3.8, 4) is 11.5 Å². The van der Waals surface area contributed by atoms with Crippen molar-refractivity contribution in [2.75, 3.05) is 13.2 Å². The van der Waals surface area contributed by atoms with Gasteiger partial charge in [-0.15, -0.1) is 0 Å². The van der Waals surface area contributed by atoms with E-state index in [0.717, 1.165) is 22.1 Å². The van der Waals surface area contributed by atoms with Crippen molar-refractivity contribution in [2.45, 2.75) is 6.92 Å². The third-order valence-electron chi connectivity index (χ3n) is 3.70. The lowest BCUT2D eigenvalue weighted by Gasteiger charge is -2.08. The minimum atomic E-state index is -0.319. The van der Waals surface area contributed by atoms with Gasteiger partial charge in [0.1, 0.15) is 11.5 Å². The van der Waals surface area contributed by atoms with Crippen LogP contribution in [0.3, 0.4) is 0 Å². The van der Waals surface area contributed by atoms with Crippen LogP contribution in [0.2, 0.25) is 0 Å². The summed E-state index contributed by atoms with van der Waals surface area (Å²) in [6.07, 6.45) is 1.57. The Morgan fingerprint density at radius 2 is 1.77 bits per heavy atom. The smallest absolute Gasteiger partial charge is 0.277 e. The average molecular weight is 348 g/mol. The molecule has 0 aliphatic rings. The fourth-order valence-corrected chi connectivity index (χ4v) is 2.49. The van der Waals surface area contributed by atoms with Crippen LogP contribution in [0.1, 0.15) is 12.5 Å². The van der Waals surface area contributed by atoms with Crippen molar-refractivity contribution < 1.29 is 14.3 Å². The first kappa shape index (κ1) is 17.5. The number of hydrogen-bond donors (Lipinski definition) is 1. The summed E-state index contributed by atoms with van der Waals surface area (Å²) in [6.45, 7) is 2.46. The first-order valence-electron chi connectivity index (χ1n) is 8.41. The molecule has 0 saturated carbocycles. The van der Waals surface area contributed by atoms with Gasteiger partial charge >= 0.3 is 0 Å². The Morgan fingerprint density at radius 1 is 1.00 bits per heavy atom. The number of ether oxygens (including phenoxy) is 2. The van der Waals surface area contributed by atoms with Crippen LogP contribution in [0.5, 0.6) is 11.5 Å². The maximum Gasteiger partial charge on any atom is 0.277 e. The van der Waals surface area contributed by atoms with E-state index < -0.39 is 0 Å². The van der Waals surface area contributed by atoms with Crippen molar-refractivity contribution in [3.05, 3.63) is 72.3 Å². The summed E-state index contributed by atoms with van der Waals surface area (Å²) in [4.78, 5) is 11.9. The largest absolute Gasteiger partial charge is 0.494 e. The molecule has 0 saturated heterocycles. The molecule has 132 valence electrons. The quantitative estimate of drug-likeness (QED) is 0.522. The van der Waals surface area contributed by atoms with Crippen LogP contribution >= 0.6 is 0 Å². The van der Waals surface area contributed by atoms with Gasteiger partial charge in [-0.05, 0) is 48.2 Å². The standard InChI is InChI=1S/C21H20N2O3/c1-2-25-18-12-10-16(11-13-18)14-22-23-21(24)15-26-20-9-5-7-17-6-3-4-8-19(17)20/h3-14H,2,15H2,1H3,(H,23,24)/b22-14+. The van der Waals surface area contributed by atoms with Crippen LogP contribution in [0.15, 0.2) is 71.8 Å². The topological polar surface area (TPSA) is 59.9 Å². The van der Waals surface area contributed by atoms with Crippen LogP contribution in [0.25, 0.3) is 10.8 Å². The van der Waals surface area contributed by atoms with E-state index >= 15 is 0 Å². The van der Waals surface area contributed by atoms with E-state index in [1.54, 1.807) is 6.21 Å². The lowest BCUT2D eigenvalue weighted by atomic mass is 10.1. The Hall–Kier alpha value is -3.34. The SMILES string of the molecule is CCOc1ccc(/C=N/NC(=O)COc2cccc3ccccc23)cc1. The first-order chi connectivity index (χ1) is 12.8. The minimum absolute atomic E-state index is 0.103. The molecule has 0 spiro atoms. The molecule has 3 rings (SSSR count). The Balaban J connectivity index is 1.52. The normalized spacial score (nSPS) is 10.8. The molecule has 0 aliphatic heterocycles. The van der Waals surface area contributed by atoms with Crippen molar-refractivity contribution >= 4 is 22.9 Å². The van der Waals surface area contributed by atoms with Gasteiger partial charge in [0, 0.05) is 5.39 Å². The second-order valence-electron chi connectivity index (χ2n) is 5.56. The summed E-state index contributed by atoms with van der Waals surface area (Å²) in [6, 6.07) is 21.1. The zero-order valence-electron chi connectivity index (χ0n) is 14.5. The van der Waals surface area contributed by atoms with E-state index in [4.69, 9.17) is 9.47 Å². The summed E-state index contributed by atoms with van der Waals surface area (Å²) in [7, 11) is 0. The highest BCUT2D eigenvalue weighted by molar-refractivity contribution is 5.89. The zero-order valence-corrected chi connectivity index (χ0v) is 14.5. The van der Waals surface area contributed by atoms with Gasteiger partial charge in [0.15, 0.2) is 6.61 Å². The van der Waals surface area contributed by atoms with Crippen LogP contribution in [-0.4, -0.2) is 25.3 Å². The predicted octanol–water partition coefficient (Wildman–Crippen LogP) is 3.77. The Labute approximate surface area is 152 Å². The number of amides is 1. The van der Waals surface area contributed by atoms with Gasteiger partial charge in [-0.25, -0.2) is 5.43 Å². The van der Waals surface area contributed by atoms with E-state index in [9.17, 15) is 4.79 Å². The van der Waals surface area contributed by atoms with Crippen molar-refractivity contribution in [1.82, 2.24) is 5.43 Å². The Kier molecular flexibility index (Phi) is 5.83. The van der Waals surface area contributed by atoms with E-state index in [1.165, 1.54) is 0 Å². The Morgan fingerprint density at radius 3 is 2.58 bits per heavy atom. The lowest BCUT2D eigenvalue weighted by Crippen LogP contribution is -2.24. The number of carbonyl (C=O) groups excluding carboxylic acids is 1. The molecule has 0 aromatic heterocycles. The maximum atomic E-state index is 11.9. The molecule has 0 fully saturated rings. The van der Waals surface area contributed by atoms with Crippen LogP contribution in [0.4, 0.5) is 0 Å². The van der Waals surface area contributed by atoms with Crippen molar-refractivity contribution in [1.29, 1.82) is 0 Å². The summed E-state index contributed by atoms with van der Waals surface area (Å²) < 4.78 is 11.0. The highest BCUT2D eigenvalue weighted by atomic mass is 16.5. The van der Waals surface area contributed by atoms with Crippen molar-refractivity contribution in [3.63, 3.8) is 0 Å². The number of fused-ring (bicyclic) bond motifs is 1. The molecule has 3 aromatic rings. The first-order valence-corrected chi connectivity index (χ1v) is 8.41. The summed E-state index contributed by atoms with van der Waals surface area (Å²) in [5.74, 6) is 1.16. The number of hydrazone groups is 1. The molecule has 26 heavy (non-hydrogen) atoms. The maximum absolute atomic E-state index is 11.9. The molecule has 0 heterocycles. The Bertz CT molecular complexity index is 899. The molecule has 1 amide bonds. The van der Waals surface area contributed by atoms with Crippen LogP contribution in [0, 0.1) is 0 Å². The molecular weight excluding hydrogens is 328 g/mol. The summed E-state index contributed by atoms with van der Waals surface area (Å²) in [5, 5.41) is 5.99. The van der Waals surface area contributed by atoms with Gasteiger partial charge < -0.3 is 9.47 Å². The second-order valence-corrected chi connectivity index (χ2v) is 5.56. The van der Waals surface area contributed by atoms with E-state index in [1.807, 2.05) is 73.7 Å². The van der Waals surface area contributed by atoms with E-state index in [2.05, 4.69) is 10.5 Å². The van der Waals surface area contributed by atoms with Gasteiger partial charge in [-0.1, -0.05) is 36.4 Å². The predicted molar refractivity (Wildman–Crippen MR) is 103 cm³/mol. The van der Waals surface area contributed by atoms with Gasteiger partial charge in [0.25, 0.3) is 5.91 Å². The number of rotatable bonds is 7. The molecule has 0 bridgehead atoms. The second kappa shape index (κ2) is 8.67. The molecule has 0 atom stereocenters. The fraction of sp³-hybridized carbons (Fsp3) is 0.143. The van der Waals surface area contributed by atoms with Crippen molar-refractivity contribution in [2.24, 2.45) is 5.10 Å². The third-order valence-corrected chi connectivity index (χ3v) is 3.70. The van der Waals surface area contributed by atoms with Gasteiger partial charge in [0.05, 0.1) is 12.8 Å². The summed E-state index contributed by atoms with van der Waals surface area (Å²) in [5.41, 5.74) is 3.33. The molecule has 5 heteroatoms. The number of nitrogens with one attached hydrogen (secondary N) is 1. The lowest BCUT2D eigenvalue weighted by molar-refractivity contribution is -0.123. The monoisotopic (exact) mass is 348 g/mol. The van der Waals surface area contributed by atoms with Crippen LogP contribution in [-0.2, 0) is 4.79 Å². The number of carbonyl (C=O) groups is 1. The molecule has 5 nitrogen and oxygen atoms in total. The molecule has 0 radical (unpaired) electrons. The number of nitrogens with zero attached hydrogens (tertiary/aromatic N) is 1. The average Bonchev–Trinajstić information content (AvgIpc) is 2.68.